The molecule has 47 heavy (non-hydrogen) atoms. The standard InChI is InChI=1S/C34H60F3N9.ClH/c35-34(36,37)33-8-7-30(24-32(33)27-46-20-6-17-43-14-3-11-40)31-22-28(25-44-18-4-15-41-12-1-9-38)21-29(23-31)26-45-19-5-16-42-13-2-10-39;/h7-8,21-24,41-46H,1-6,9-20,25-27,38-40H2;1H. The molecular weight excluding hydrogens is 627 g/mol. The second-order valence-corrected chi connectivity index (χ2v) is 11.7. The molecule has 2 aromatic carbocycles. The Balaban J connectivity index is 0.0000110. The first-order chi connectivity index (χ1) is 22.4. The minimum atomic E-state index is -4.42. The monoisotopic (exact) mass is 687 g/mol. The van der Waals surface area contributed by atoms with E-state index < -0.39 is 11.7 Å². The van der Waals surface area contributed by atoms with Gasteiger partial charge in [-0.15, -0.1) is 12.4 Å². The molecule has 0 spiro atoms. The Morgan fingerprint density at radius 3 is 1.30 bits per heavy atom. The molecule has 13 heteroatoms. The summed E-state index contributed by atoms with van der Waals surface area (Å²) >= 11 is 0. The lowest BCUT2D eigenvalue weighted by Gasteiger charge is -2.17. The quantitative estimate of drug-likeness (QED) is 0.0616. The van der Waals surface area contributed by atoms with Crippen LogP contribution in [0.5, 0.6) is 0 Å². The summed E-state index contributed by atoms with van der Waals surface area (Å²) in [4.78, 5) is 0. The topological polar surface area (TPSA) is 150 Å². The van der Waals surface area contributed by atoms with E-state index in [0.717, 1.165) is 113 Å². The molecule has 270 valence electrons. The van der Waals surface area contributed by atoms with Crippen LogP contribution in [0.15, 0.2) is 36.4 Å². The highest BCUT2D eigenvalue weighted by molar-refractivity contribution is 5.85. The van der Waals surface area contributed by atoms with E-state index in [1.165, 1.54) is 6.07 Å². The van der Waals surface area contributed by atoms with E-state index in [2.05, 4.69) is 50.1 Å². The lowest BCUT2D eigenvalue weighted by Crippen LogP contribution is -2.24. The van der Waals surface area contributed by atoms with Crippen LogP contribution in [0, 0.1) is 0 Å². The van der Waals surface area contributed by atoms with Gasteiger partial charge >= 0.3 is 6.18 Å². The summed E-state index contributed by atoms with van der Waals surface area (Å²) in [7, 11) is 0. The summed E-state index contributed by atoms with van der Waals surface area (Å²) in [5.74, 6) is 0. The number of nitrogens with two attached hydrogens (primary N) is 3. The first-order valence-corrected chi connectivity index (χ1v) is 17.1. The van der Waals surface area contributed by atoms with Crippen molar-refractivity contribution >= 4 is 12.4 Å². The van der Waals surface area contributed by atoms with Crippen LogP contribution in [0.3, 0.4) is 0 Å². The SMILES string of the molecule is Cl.NCCCNCCCNCc1cc(CNCCCNCCCN)cc(-c2ccc(C(F)(F)F)c(CNCCCNCCCN)c2)c1. The van der Waals surface area contributed by atoms with Crippen LogP contribution in [-0.4, -0.2) is 78.5 Å². The second-order valence-electron chi connectivity index (χ2n) is 11.7. The molecule has 0 amide bonds. The van der Waals surface area contributed by atoms with Crippen molar-refractivity contribution in [1.29, 1.82) is 0 Å². The van der Waals surface area contributed by atoms with Crippen LogP contribution < -0.4 is 49.1 Å². The molecule has 0 radical (unpaired) electrons. The van der Waals surface area contributed by atoms with Gasteiger partial charge in [0.1, 0.15) is 0 Å². The Kier molecular flexibility index (Phi) is 24.8. The number of benzene rings is 2. The minimum absolute atomic E-state index is 0. The van der Waals surface area contributed by atoms with E-state index in [0.29, 0.717) is 39.3 Å². The van der Waals surface area contributed by atoms with Gasteiger partial charge in [0.2, 0.25) is 0 Å². The van der Waals surface area contributed by atoms with Crippen LogP contribution in [-0.2, 0) is 25.8 Å². The van der Waals surface area contributed by atoms with E-state index >= 15 is 0 Å². The van der Waals surface area contributed by atoms with Crippen LogP contribution in [0.4, 0.5) is 13.2 Å². The molecule has 0 atom stereocenters. The summed E-state index contributed by atoms with van der Waals surface area (Å²) in [5, 5.41) is 20.3. The summed E-state index contributed by atoms with van der Waals surface area (Å²) in [5.41, 5.74) is 20.2. The van der Waals surface area contributed by atoms with Gasteiger partial charge in [-0.3, -0.25) is 0 Å². The number of rotatable bonds is 28. The van der Waals surface area contributed by atoms with Crippen molar-refractivity contribution in [3.8, 4) is 11.1 Å². The largest absolute Gasteiger partial charge is 0.416 e. The molecule has 9 nitrogen and oxygen atoms in total. The maximum Gasteiger partial charge on any atom is 0.416 e. The fraction of sp³-hybridized carbons (Fsp3) is 0.647. The maximum atomic E-state index is 14.0. The zero-order valence-electron chi connectivity index (χ0n) is 28.1. The Labute approximate surface area is 286 Å². The van der Waals surface area contributed by atoms with E-state index in [1.54, 1.807) is 12.1 Å². The van der Waals surface area contributed by atoms with Gasteiger partial charge < -0.3 is 49.1 Å². The molecule has 0 aliphatic carbocycles. The number of alkyl halides is 3. The van der Waals surface area contributed by atoms with Gasteiger partial charge in [0.15, 0.2) is 0 Å². The summed E-state index contributed by atoms with van der Waals surface area (Å²) < 4.78 is 41.9. The molecule has 0 aliphatic rings. The molecule has 0 saturated heterocycles. The fourth-order valence-corrected chi connectivity index (χ4v) is 5.09. The smallest absolute Gasteiger partial charge is 0.330 e. The van der Waals surface area contributed by atoms with Crippen LogP contribution in [0.2, 0.25) is 0 Å². The number of halogens is 4. The summed E-state index contributed by atoms with van der Waals surface area (Å²) in [6, 6.07) is 10.9. The predicted octanol–water partition coefficient (Wildman–Crippen LogP) is 3.05. The first kappa shape index (κ1) is 43.2. The predicted molar refractivity (Wildman–Crippen MR) is 193 cm³/mol. The molecule has 0 bridgehead atoms. The van der Waals surface area contributed by atoms with Gasteiger partial charge in [-0.2, -0.15) is 13.2 Å². The third kappa shape index (κ3) is 19.7. The molecule has 2 aromatic rings. The van der Waals surface area contributed by atoms with Crippen LogP contribution in [0.1, 0.15) is 60.8 Å². The normalized spacial score (nSPS) is 11.6. The molecule has 0 fully saturated rings. The van der Waals surface area contributed by atoms with Crippen molar-refractivity contribution in [3.63, 3.8) is 0 Å². The van der Waals surface area contributed by atoms with Gasteiger partial charge in [0.05, 0.1) is 5.56 Å². The van der Waals surface area contributed by atoms with E-state index in [4.69, 9.17) is 17.2 Å². The number of hydrogen-bond acceptors (Lipinski definition) is 9. The van der Waals surface area contributed by atoms with Gasteiger partial charge in [-0.25, -0.2) is 0 Å². The van der Waals surface area contributed by atoms with Gasteiger partial charge in [-0.05, 0) is 169 Å². The molecule has 2 rings (SSSR count). The molecule has 0 heterocycles. The minimum Gasteiger partial charge on any atom is -0.330 e. The fourth-order valence-electron chi connectivity index (χ4n) is 5.09. The lowest BCUT2D eigenvalue weighted by atomic mass is 9.95. The zero-order chi connectivity index (χ0) is 33.3. The molecule has 0 aliphatic heterocycles. The van der Waals surface area contributed by atoms with Crippen LogP contribution >= 0.6 is 12.4 Å². The van der Waals surface area contributed by atoms with Gasteiger partial charge in [0, 0.05) is 19.6 Å². The average molecular weight is 688 g/mol. The Morgan fingerprint density at radius 1 is 0.468 bits per heavy atom. The zero-order valence-corrected chi connectivity index (χ0v) is 28.9. The highest BCUT2D eigenvalue weighted by atomic mass is 35.5. The van der Waals surface area contributed by atoms with E-state index in [1.807, 2.05) is 0 Å². The van der Waals surface area contributed by atoms with Crippen molar-refractivity contribution in [2.45, 2.75) is 64.3 Å². The highest BCUT2D eigenvalue weighted by Crippen LogP contribution is 2.35. The van der Waals surface area contributed by atoms with E-state index in [-0.39, 0.29) is 24.5 Å². The Morgan fingerprint density at radius 2 is 0.872 bits per heavy atom. The van der Waals surface area contributed by atoms with Crippen molar-refractivity contribution in [1.82, 2.24) is 31.9 Å². The number of nitrogens with one attached hydrogen (secondary N) is 6. The van der Waals surface area contributed by atoms with Gasteiger partial charge in [-0.1, -0.05) is 12.1 Å². The Hall–Kier alpha value is -1.84. The molecule has 12 N–H and O–H groups in total. The average Bonchev–Trinajstić information content (AvgIpc) is 3.04. The third-order valence-electron chi connectivity index (χ3n) is 7.56. The molecule has 0 aromatic heterocycles. The second kappa shape index (κ2) is 27.0. The third-order valence-corrected chi connectivity index (χ3v) is 7.56. The first-order valence-electron chi connectivity index (χ1n) is 17.1. The summed E-state index contributed by atoms with van der Waals surface area (Å²) in [6.45, 7) is 11.2. The van der Waals surface area contributed by atoms with Crippen molar-refractivity contribution in [2.75, 3.05) is 78.5 Å². The Bertz CT molecular complexity index is 1020. The van der Waals surface area contributed by atoms with Crippen LogP contribution in [0.25, 0.3) is 11.1 Å². The summed E-state index contributed by atoms with van der Waals surface area (Å²) in [6.07, 6.45) is 1.24. The van der Waals surface area contributed by atoms with Crippen molar-refractivity contribution < 1.29 is 13.2 Å². The number of hydrogen-bond donors (Lipinski definition) is 9. The molecule has 0 unspecified atom stereocenters. The maximum absolute atomic E-state index is 14.0. The van der Waals surface area contributed by atoms with Gasteiger partial charge in [0.25, 0.3) is 0 Å². The van der Waals surface area contributed by atoms with Crippen molar-refractivity contribution in [3.05, 3.63) is 58.7 Å². The molecule has 0 saturated carbocycles. The molecular formula is C34H61ClF3N9. The van der Waals surface area contributed by atoms with E-state index in [9.17, 15) is 13.2 Å². The lowest BCUT2D eigenvalue weighted by molar-refractivity contribution is -0.138. The highest BCUT2D eigenvalue weighted by Gasteiger charge is 2.33. The van der Waals surface area contributed by atoms with Crippen molar-refractivity contribution in [2.24, 2.45) is 17.2 Å².